The predicted molar refractivity (Wildman–Crippen MR) is 81.0 cm³/mol. The molecule has 19 heavy (non-hydrogen) atoms. The molecule has 100 valence electrons. The third kappa shape index (κ3) is 2.75. The van der Waals surface area contributed by atoms with Crippen molar-refractivity contribution < 1.29 is 4.79 Å². The number of nitrogens with zero attached hydrogens (tertiary/aromatic N) is 1. The van der Waals surface area contributed by atoms with Crippen LogP contribution in [0.15, 0.2) is 22.5 Å². The molecule has 0 radical (unpaired) electrons. The van der Waals surface area contributed by atoms with Gasteiger partial charge in [-0.1, -0.05) is 11.8 Å². The fourth-order valence-corrected chi connectivity index (χ4v) is 3.72. The maximum absolute atomic E-state index is 12.0. The molecule has 1 fully saturated rings. The van der Waals surface area contributed by atoms with E-state index < -0.39 is 0 Å². The lowest BCUT2D eigenvalue weighted by molar-refractivity contribution is -0.119. The molecular weight excluding hydrogens is 278 g/mol. The number of rotatable bonds is 3. The molecule has 0 aliphatic carbocycles. The fraction of sp³-hybridized carbons (Fsp3) is 0.385. The van der Waals surface area contributed by atoms with E-state index in [-0.39, 0.29) is 11.8 Å². The van der Waals surface area contributed by atoms with E-state index in [0.717, 1.165) is 39.8 Å². The van der Waals surface area contributed by atoms with Gasteiger partial charge in [-0.15, -0.1) is 11.3 Å². The molecule has 1 aromatic heterocycles. The number of anilines is 1. The summed E-state index contributed by atoms with van der Waals surface area (Å²) in [4.78, 5) is 16.5. The van der Waals surface area contributed by atoms with Gasteiger partial charge in [0.05, 0.1) is 16.1 Å². The zero-order chi connectivity index (χ0) is 13.2. The molecular formula is C13H15N3OS2. The van der Waals surface area contributed by atoms with E-state index in [4.69, 9.17) is 0 Å². The molecule has 1 amide bonds. The zero-order valence-electron chi connectivity index (χ0n) is 10.6. The molecule has 1 aliphatic heterocycles. The normalized spacial score (nSPS) is 18.9. The molecule has 4 nitrogen and oxygen atoms in total. The van der Waals surface area contributed by atoms with Crippen LogP contribution in [-0.4, -0.2) is 30.2 Å². The van der Waals surface area contributed by atoms with Crippen molar-refractivity contribution in [1.29, 1.82) is 0 Å². The average molecular weight is 293 g/mol. The minimum atomic E-state index is 0.0962. The van der Waals surface area contributed by atoms with E-state index in [1.54, 1.807) is 23.1 Å². The summed E-state index contributed by atoms with van der Waals surface area (Å²) >= 11 is 3.31. The first kappa shape index (κ1) is 12.9. The molecule has 1 unspecified atom stereocenters. The average Bonchev–Trinajstić information content (AvgIpc) is 3.07. The Bertz CT molecular complexity index is 605. The van der Waals surface area contributed by atoms with Crippen molar-refractivity contribution >= 4 is 44.9 Å². The standard InChI is InChI=1S/C13H15N3OS2/c1-18-13-16-10-3-2-9(6-11(10)19-13)15-12(17)8-4-5-14-7-8/h2-3,6,8,14H,4-5,7H2,1H3,(H,15,17). The molecule has 2 N–H and O–H groups in total. The summed E-state index contributed by atoms with van der Waals surface area (Å²) in [6.07, 6.45) is 2.94. The highest BCUT2D eigenvalue weighted by atomic mass is 32.2. The highest BCUT2D eigenvalue weighted by molar-refractivity contribution is 8.00. The molecule has 0 saturated carbocycles. The van der Waals surface area contributed by atoms with E-state index in [1.807, 2.05) is 24.5 Å². The van der Waals surface area contributed by atoms with Crippen molar-refractivity contribution in [2.45, 2.75) is 10.8 Å². The maximum Gasteiger partial charge on any atom is 0.228 e. The smallest absolute Gasteiger partial charge is 0.228 e. The van der Waals surface area contributed by atoms with Crippen LogP contribution in [0.1, 0.15) is 6.42 Å². The number of aromatic nitrogens is 1. The van der Waals surface area contributed by atoms with Gasteiger partial charge in [-0.2, -0.15) is 0 Å². The van der Waals surface area contributed by atoms with Gasteiger partial charge in [0.1, 0.15) is 0 Å². The van der Waals surface area contributed by atoms with Gasteiger partial charge in [0.15, 0.2) is 4.34 Å². The Kier molecular flexibility index (Phi) is 3.72. The summed E-state index contributed by atoms with van der Waals surface area (Å²) in [5.74, 6) is 0.206. The van der Waals surface area contributed by atoms with Crippen LogP contribution < -0.4 is 10.6 Å². The summed E-state index contributed by atoms with van der Waals surface area (Å²) in [5.41, 5.74) is 1.86. The van der Waals surface area contributed by atoms with Gasteiger partial charge < -0.3 is 10.6 Å². The number of benzene rings is 1. The Morgan fingerprint density at radius 2 is 2.47 bits per heavy atom. The molecule has 1 atom stereocenters. The zero-order valence-corrected chi connectivity index (χ0v) is 12.2. The van der Waals surface area contributed by atoms with Crippen LogP contribution in [0.5, 0.6) is 0 Å². The lowest BCUT2D eigenvalue weighted by Gasteiger charge is -2.09. The SMILES string of the molecule is CSc1nc2ccc(NC(=O)C3CCNC3)cc2s1. The van der Waals surface area contributed by atoms with E-state index in [2.05, 4.69) is 15.6 Å². The van der Waals surface area contributed by atoms with Crippen LogP contribution in [-0.2, 0) is 4.79 Å². The summed E-state index contributed by atoms with van der Waals surface area (Å²) in [7, 11) is 0. The van der Waals surface area contributed by atoms with Gasteiger partial charge in [-0.25, -0.2) is 4.98 Å². The van der Waals surface area contributed by atoms with Crippen LogP contribution in [0.4, 0.5) is 5.69 Å². The minimum absolute atomic E-state index is 0.0962. The van der Waals surface area contributed by atoms with Crippen molar-refractivity contribution in [3.8, 4) is 0 Å². The minimum Gasteiger partial charge on any atom is -0.326 e. The van der Waals surface area contributed by atoms with Crippen LogP contribution in [0, 0.1) is 5.92 Å². The summed E-state index contributed by atoms with van der Waals surface area (Å²) in [6.45, 7) is 1.72. The molecule has 0 spiro atoms. The van der Waals surface area contributed by atoms with Crippen molar-refractivity contribution in [2.75, 3.05) is 24.7 Å². The fourth-order valence-electron chi connectivity index (χ4n) is 2.19. The molecule has 1 aromatic carbocycles. The molecule has 2 aromatic rings. The third-order valence-electron chi connectivity index (χ3n) is 3.24. The first-order chi connectivity index (χ1) is 9.26. The molecule has 1 aliphatic rings. The summed E-state index contributed by atoms with van der Waals surface area (Å²) < 4.78 is 2.17. The number of hydrogen-bond donors (Lipinski definition) is 2. The number of carbonyl (C=O) groups is 1. The van der Waals surface area contributed by atoms with Gasteiger partial charge in [-0.05, 0) is 37.4 Å². The number of thioether (sulfide) groups is 1. The first-order valence-corrected chi connectivity index (χ1v) is 8.26. The quantitative estimate of drug-likeness (QED) is 0.854. The molecule has 3 rings (SSSR count). The largest absolute Gasteiger partial charge is 0.326 e. The van der Waals surface area contributed by atoms with E-state index >= 15 is 0 Å². The van der Waals surface area contributed by atoms with E-state index in [9.17, 15) is 4.79 Å². The van der Waals surface area contributed by atoms with Gasteiger partial charge in [0, 0.05) is 12.2 Å². The number of amides is 1. The van der Waals surface area contributed by atoms with Crippen molar-refractivity contribution in [3.63, 3.8) is 0 Å². The van der Waals surface area contributed by atoms with E-state index in [0.29, 0.717) is 0 Å². The molecule has 2 heterocycles. The third-order valence-corrected chi connectivity index (χ3v) is 5.25. The van der Waals surface area contributed by atoms with Crippen LogP contribution in [0.25, 0.3) is 10.2 Å². The summed E-state index contributed by atoms with van der Waals surface area (Å²) in [6, 6.07) is 5.90. The summed E-state index contributed by atoms with van der Waals surface area (Å²) in [5, 5.41) is 6.20. The topological polar surface area (TPSA) is 54.0 Å². The number of thiazole rings is 1. The number of hydrogen-bond acceptors (Lipinski definition) is 5. The number of nitrogens with one attached hydrogen (secondary N) is 2. The molecule has 1 saturated heterocycles. The van der Waals surface area contributed by atoms with Crippen molar-refractivity contribution in [2.24, 2.45) is 5.92 Å². The molecule has 0 bridgehead atoms. The predicted octanol–water partition coefficient (Wildman–Crippen LogP) is 2.57. The molecule has 6 heteroatoms. The van der Waals surface area contributed by atoms with Crippen molar-refractivity contribution in [3.05, 3.63) is 18.2 Å². The van der Waals surface area contributed by atoms with Gasteiger partial charge in [0.2, 0.25) is 5.91 Å². The van der Waals surface area contributed by atoms with E-state index in [1.165, 1.54) is 0 Å². The lowest BCUT2D eigenvalue weighted by atomic mass is 10.1. The number of fused-ring (bicyclic) bond motifs is 1. The highest BCUT2D eigenvalue weighted by Crippen LogP contribution is 2.30. The van der Waals surface area contributed by atoms with Crippen molar-refractivity contribution in [1.82, 2.24) is 10.3 Å². The highest BCUT2D eigenvalue weighted by Gasteiger charge is 2.22. The Labute approximate surface area is 120 Å². The van der Waals surface area contributed by atoms with Crippen LogP contribution >= 0.6 is 23.1 Å². The second-order valence-electron chi connectivity index (χ2n) is 4.55. The van der Waals surface area contributed by atoms with Crippen LogP contribution in [0.2, 0.25) is 0 Å². The van der Waals surface area contributed by atoms with Crippen LogP contribution in [0.3, 0.4) is 0 Å². The lowest BCUT2D eigenvalue weighted by Crippen LogP contribution is -2.24. The second kappa shape index (κ2) is 5.48. The Hall–Kier alpha value is -1.11. The first-order valence-electron chi connectivity index (χ1n) is 6.22. The maximum atomic E-state index is 12.0. The Morgan fingerprint density at radius 3 is 3.21 bits per heavy atom. The monoisotopic (exact) mass is 293 g/mol. The van der Waals surface area contributed by atoms with Gasteiger partial charge >= 0.3 is 0 Å². The Morgan fingerprint density at radius 1 is 1.58 bits per heavy atom. The Balaban J connectivity index is 1.78. The number of carbonyl (C=O) groups excluding carboxylic acids is 1. The van der Waals surface area contributed by atoms with Gasteiger partial charge in [0.25, 0.3) is 0 Å². The van der Waals surface area contributed by atoms with Gasteiger partial charge in [-0.3, -0.25) is 4.79 Å². The second-order valence-corrected chi connectivity index (χ2v) is 6.63.